The molecule has 1 spiro atoms. The van der Waals surface area contributed by atoms with E-state index in [2.05, 4.69) is 28.9 Å². The minimum Gasteiger partial charge on any atom is -0.371 e. The first kappa shape index (κ1) is 12.1. The molecule has 2 heterocycles. The van der Waals surface area contributed by atoms with Gasteiger partial charge in [0.15, 0.2) is 0 Å². The molecule has 0 unspecified atom stereocenters. The van der Waals surface area contributed by atoms with E-state index < -0.39 is 0 Å². The molecule has 4 nitrogen and oxygen atoms in total. The second-order valence-electron chi connectivity index (χ2n) is 6.03. The number of anilines is 1. The first-order valence-electron chi connectivity index (χ1n) is 7.37. The summed E-state index contributed by atoms with van der Waals surface area (Å²) in [7, 11) is 0. The van der Waals surface area contributed by atoms with Gasteiger partial charge >= 0.3 is 0 Å². The lowest BCUT2D eigenvalue weighted by atomic mass is 9.79. The van der Waals surface area contributed by atoms with Gasteiger partial charge in [-0.25, -0.2) is 4.98 Å². The molecule has 0 N–H and O–H groups in total. The number of hydrogen-bond donors (Lipinski definition) is 0. The minimum atomic E-state index is 0.0987. The first-order chi connectivity index (χ1) is 9.74. The van der Waals surface area contributed by atoms with Gasteiger partial charge in [-0.05, 0) is 43.9 Å². The highest BCUT2D eigenvalue weighted by atomic mass is 16.5. The Balaban J connectivity index is 1.67. The number of ether oxygens (including phenoxy) is 1. The van der Waals surface area contributed by atoms with E-state index in [0.29, 0.717) is 0 Å². The van der Waals surface area contributed by atoms with Crippen LogP contribution in [0.2, 0.25) is 0 Å². The lowest BCUT2D eigenvalue weighted by Gasteiger charge is -2.48. The SMILES string of the molecule is Cc1ccc2ncc(N3CCOC4(CCC4)C3)nc2c1. The molecular formula is C16H19N3O. The highest BCUT2D eigenvalue weighted by Crippen LogP contribution is 2.39. The maximum atomic E-state index is 5.97. The number of benzene rings is 1. The van der Waals surface area contributed by atoms with E-state index in [-0.39, 0.29) is 5.60 Å². The van der Waals surface area contributed by atoms with E-state index in [1.54, 1.807) is 0 Å². The molecule has 1 aromatic heterocycles. The van der Waals surface area contributed by atoms with Gasteiger partial charge in [0.2, 0.25) is 0 Å². The van der Waals surface area contributed by atoms with Crippen LogP contribution < -0.4 is 4.90 Å². The van der Waals surface area contributed by atoms with Crippen molar-refractivity contribution in [2.24, 2.45) is 0 Å². The quantitative estimate of drug-likeness (QED) is 0.798. The van der Waals surface area contributed by atoms with Crippen LogP contribution in [0, 0.1) is 6.92 Å². The van der Waals surface area contributed by atoms with Gasteiger partial charge in [0.1, 0.15) is 5.82 Å². The third-order valence-electron chi connectivity index (χ3n) is 4.52. The van der Waals surface area contributed by atoms with Crippen molar-refractivity contribution >= 4 is 16.9 Å². The summed E-state index contributed by atoms with van der Waals surface area (Å²) in [5.41, 5.74) is 3.27. The van der Waals surface area contributed by atoms with Gasteiger partial charge in [0.05, 0.1) is 29.4 Å². The Kier molecular flexibility index (Phi) is 2.67. The van der Waals surface area contributed by atoms with Gasteiger partial charge in [-0.1, -0.05) is 6.07 Å². The molecule has 1 saturated carbocycles. The zero-order chi connectivity index (χ0) is 13.6. The topological polar surface area (TPSA) is 38.2 Å². The zero-order valence-electron chi connectivity index (χ0n) is 11.8. The van der Waals surface area contributed by atoms with Gasteiger partial charge in [0, 0.05) is 13.1 Å². The van der Waals surface area contributed by atoms with Crippen LogP contribution in [0.25, 0.3) is 11.0 Å². The largest absolute Gasteiger partial charge is 0.371 e. The van der Waals surface area contributed by atoms with Crippen molar-refractivity contribution in [3.63, 3.8) is 0 Å². The van der Waals surface area contributed by atoms with E-state index in [1.807, 2.05) is 12.3 Å². The van der Waals surface area contributed by atoms with Crippen LogP contribution in [0.3, 0.4) is 0 Å². The van der Waals surface area contributed by atoms with Crippen LogP contribution in [-0.4, -0.2) is 35.3 Å². The van der Waals surface area contributed by atoms with E-state index in [1.165, 1.54) is 24.8 Å². The molecule has 0 atom stereocenters. The Labute approximate surface area is 118 Å². The first-order valence-corrected chi connectivity index (χ1v) is 7.37. The van der Waals surface area contributed by atoms with E-state index in [0.717, 1.165) is 36.5 Å². The van der Waals surface area contributed by atoms with Gasteiger partial charge in [0.25, 0.3) is 0 Å². The lowest BCUT2D eigenvalue weighted by Crippen LogP contribution is -2.56. The summed E-state index contributed by atoms with van der Waals surface area (Å²) >= 11 is 0. The summed E-state index contributed by atoms with van der Waals surface area (Å²) in [6.07, 6.45) is 5.55. The lowest BCUT2D eigenvalue weighted by molar-refractivity contribution is -0.106. The molecule has 2 fully saturated rings. The average Bonchev–Trinajstić information content (AvgIpc) is 2.45. The third kappa shape index (κ3) is 1.95. The predicted octanol–water partition coefficient (Wildman–Crippen LogP) is 2.70. The highest BCUT2D eigenvalue weighted by Gasteiger charge is 2.42. The molecule has 0 amide bonds. The van der Waals surface area contributed by atoms with E-state index in [9.17, 15) is 0 Å². The second kappa shape index (κ2) is 4.42. The van der Waals surface area contributed by atoms with Gasteiger partial charge in [-0.3, -0.25) is 4.98 Å². The standard InChI is InChI=1S/C16H19N3O/c1-12-3-4-13-14(9-12)18-15(10-17-13)19-7-8-20-16(11-19)5-2-6-16/h3-4,9-10H,2,5-8,11H2,1H3. The maximum Gasteiger partial charge on any atom is 0.148 e. The highest BCUT2D eigenvalue weighted by molar-refractivity contribution is 5.76. The van der Waals surface area contributed by atoms with Crippen LogP contribution in [0.4, 0.5) is 5.82 Å². The number of morpholine rings is 1. The van der Waals surface area contributed by atoms with E-state index in [4.69, 9.17) is 9.72 Å². The third-order valence-corrected chi connectivity index (χ3v) is 4.52. The molecule has 0 radical (unpaired) electrons. The maximum absolute atomic E-state index is 5.97. The summed E-state index contributed by atoms with van der Waals surface area (Å²) in [5.74, 6) is 0.984. The van der Waals surface area contributed by atoms with Gasteiger partial charge in [-0.15, -0.1) is 0 Å². The van der Waals surface area contributed by atoms with Gasteiger partial charge < -0.3 is 9.64 Å². The van der Waals surface area contributed by atoms with Crippen LogP contribution in [-0.2, 0) is 4.74 Å². The van der Waals surface area contributed by atoms with Crippen molar-refractivity contribution in [1.29, 1.82) is 0 Å². The van der Waals surface area contributed by atoms with Crippen LogP contribution >= 0.6 is 0 Å². The number of aromatic nitrogens is 2. The average molecular weight is 269 g/mol. The molecule has 1 saturated heterocycles. The number of nitrogens with zero attached hydrogens (tertiary/aromatic N) is 3. The Morgan fingerprint density at radius 3 is 2.95 bits per heavy atom. The molecule has 2 aliphatic rings. The monoisotopic (exact) mass is 269 g/mol. The number of fused-ring (bicyclic) bond motifs is 1. The Hall–Kier alpha value is -1.68. The molecule has 1 aliphatic carbocycles. The molecule has 0 bridgehead atoms. The Morgan fingerprint density at radius 2 is 2.15 bits per heavy atom. The molecule has 20 heavy (non-hydrogen) atoms. The zero-order valence-corrected chi connectivity index (χ0v) is 11.8. The second-order valence-corrected chi connectivity index (χ2v) is 6.03. The van der Waals surface area contributed by atoms with Crippen molar-refractivity contribution in [2.75, 3.05) is 24.6 Å². The molecular weight excluding hydrogens is 250 g/mol. The summed E-state index contributed by atoms with van der Waals surface area (Å²) in [5, 5.41) is 0. The molecule has 2 aromatic rings. The molecule has 1 aromatic carbocycles. The van der Waals surface area contributed by atoms with Crippen molar-refractivity contribution in [3.05, 3.63) is 30.0 Å². The number of rotatable bonds is 1. The Bertz CT molecular complexity index is 651. The molecule has 4 heteroatoms. The fourth-order valence-corrected chi connectivity index (χ4v) is 3.18. The fourth-order valence-electron chi connectivity index (χ4n) is 3.18. The number of hydrogen-bond acceptors (Lipinski definition) is 4. The molecule has 4 rings (SSSR count). The molecule has 1 aliphatic heterocycles. The summed E-state index contributed by atoms with van der Waals surface area (Å²) in [6, 6.07) is 6.22. The van der Waals surface area contributed by atoms with Crippen molar-refractivity contribution in [3.8, 4) is 0 Å². The van der Waals surface area contributed by atoms with Gasteiger partial charge in [-0.2, -0.15) is 0 Å². The van der Waals surface area contributed by atoms with Crippen molar-refractivity contribution in [2.45, 2.75) is 31.8 Å². The minimum absolute atomic E-state index is 0.0987. The summed E-state index contributed by atoms with van der Waals surface area (Å²) in [4.78, 5) is 11.7. The predicted molar refractivity (Wildman–Crippen MR) is 79.0 cm³/mol. The normalized spacial score (nSPS) is 21.1. The Morgan fingerprint density at radius 1 is 1.25 bits per heavy atom. The fraction of sp³-hybridized carbons (Fsp3) is 0.500. The smallest absolute Gasteiger partial charge is 0.148 e. The number of aryl methyl sites for hydroxylation is 1. The van der Waals surface area contributed by atoms with Crippen molar-refractivity contribution in [1.82, 2.24) is 9.97 Å². The van der Waals surface area contributed by atoms with Crippen LogP contribution in [0.5, 0.6) is 0 Å². The van der Waals surface area contributed by atoms with Crippen LogP contribution in [0.1, 0.15) is 24.8 Å². The summed E-state index contributed by atoms with van der Waals surface area (Å²) in [6.45, 7) is 4.76. The van der Waals surface area contributed by atoms with Crippen molar-refractivity contribution < 1.29 is 4.74 Å². The summed E-state index contributed by atoms with van der Waals surface area (Å²) < 4.78 is 5.97. The van der Waals surface area contributed by atoms with E-state index >= 15 is 0 Å². The van der Waals surface area contributed by atoms with Crippen LogP contribution in [0.15, 0.2) is 24.4 Å². The molecule has 104 valence electrons.